The van der Waals surface area contributed by atoms with Crippen LogP contribution in [0.1, 0.15) is 19.8 Å². The summed E-state index contributed by atoms with van der Waals surface area (Å²) >= 11 is 0. The molecule has 4 heteroatoms. The van der Waals surface area contributed by atoms with Crippen molar-refractivity contribution in [1.82, 2.24) is 5.32 Å². The second-order valence-electron chi connectivity index (χ2n) is 3.40. The van der Waals surface area contributed by atoms with Gasteiger partial charge in [-0.25, -0.2) is 8.42 Å². The Morgan fingerprint density at radius 2 is 1.92 bits per heavy atom. The predicted octanol–water partition coefficient (Wildman–Crippen LogP) is 0.421. The largest absolute Gasteiger partial charge is 0.317 e. The zero-order valence-corrected chi connectivity index (χ0v) is 8.36. The van der Waals surface area contributed by atoms with Crippen molar-refractivity contribution >= 4 is 9.84 Å². The van der Waals surface area contributed by atoms with Gasteiger partial charge in [0.2, 0.25) is 0 Å². The van der Waals surface area contributed by atoms with E-state index in [0.29, 0.717) is 17.4 Å². The average Bonchev–Trinajstić information content (AvgIpc) is 2.03. The van der Waals surface area contributed by atoms with Gasteiger partial charge in [-0.05, 0) is 31.8 Å². The van der Waals surface area contributed by atoms with E-state index in [0.717, 1.165) is 25.9 Å². The summed E-state index contributed by atoms with van der Waals surface area (Å²) in [6.07, 6.45) is 1.69. The van der Waals surface area contributed by atoms with Crippen molar-refractivity contribution in [2.45, 2.75) is 19.8 Å². The fourth-order valence-electron chi connectivity index (χ4n) is 1.49. The Bertz CT molecular complexity index is 209. The van der Waals surface area contributed by atoms with Crippen LogP contribution in [0.15, 0.2) is 0 Å². The number of hydrogen-bond acceptors (Lipinski definition) is 3. The number of nitrogens with one attached hydrogen (secondary N) is 1. The minimum atomic E-state index is -2.67. The predicted molar refractivity (Wildman–Crippen MR) is 49.9 cm³/mol. The fraction of sp³-hybridized carbons (Fsp3) is 1.00. The topological polar surface area (TPSA) is 46.2 Å². The Kier molecular flexibility index (Phi) is 3.53. The van der Waals surface area contributed by atoms with Gasteiger partial charge in [-0.3, -0.25) is 0 Å². The monoisotopic (exact) mass is 191 g/mol. The van der Waals surface area contributed by atoms with E-state index in [2.05, 4.69) is 12.2 Å². The Morgan fingerprint density at radius 3 is 2.42 bits per heavy atom. The molecule has 3 nitrogen and oxygen atoms in total. The fourth-order valence-corrected chi connectivity index (χ4v) is 3.08. The van der Waals surface area contributed by atoms with Crippen molar-refractivity contribution in [3.05, 3.63) is 0 Å². The summed E-state index contributed by atoms with van der Waals surface area (Å²) < 4.78 is 22.1. The third-order valence-electron chi connectivity index (χ3n) is 2.36. The van der Waals surface area contributed by atoms with Crippen LogP contribution in [-0.4, -0.2) is 33.0 Å². The lowest BCUT2D eigenvalue weighted by atomic mass is 10.0. The maximum Gasteiger partial charge on any atom is 0.150 e. The van der Waals surface area contributed by atoms with Gasteiger partial charge >= 0.3 is 0 Å². The van der Waals surface area contributed by atoms with Crippen LogP contribution in [0, 0.1) is 5.92 Å². The highest BCUT2D eigenvalue weighted by atomic mass is 32.2. The Balaban J connectivity index is 2.27. The molecule has 0 aliphatic carbocycles. The molecule has 0 aromatic rings. The van der Waals surface area contributed by atoms with Crippen molar-refractivity contribution in [2.24, 2.45) is 5.92 Å². The maximum absolute atomic E-state index is 11.0. The summed E-state index contributed by atoms with van der Waals surface area (Å²) in [5, 5.41) is 3.25. The van der Waals surface area contributed by atoms with Crippen molar-refractivity contribution in [2.75, 3.05) is 24.6 Å². The number of rotatable bonds is 3. The smallest absolute Gasteiger partial charge is 0.150 e. The summed E-state index contributed by atoms with van der Waals surface area (Å²) in [5.74, 6) is 1.36. The Morgan fingerprint density at radius 1 is 1.33 bits per heavy atom. The Labute approximate surface area is 74.5 Å². The molecule has 1 aliphatic rings. The quantitative estimate of drug-likeness (QED) is 0.703. The summed E-state index contributed by atoms with van der Waals surface area (Å²) in [5.41, 5.74) is 0. The zero-order valence-electron chi connectivity index (χ0n) is 7.54. The standard InChI is InChI=1S/C8H17NO2S/c1-2-9-7-8-3-5-12(10,11)6-4-8/h8-9H,2-7H2,1H3. The van der Waals surface area contributed by atoms with Crippen molar-refractivity contribution in [1.29, 1.82) is 0 Å². The molecule has 0 radical (unpaired) electrons. The van der Waals surface area contributed by atoms with Crippen molar-refractivity contribution in [3.63, 3.8) is 0 Å². The highest BCUT2D eigenvalue weighted by Gasteiger charge is 2.22. The molecule has 0 bridgehead atoms. The highest BCUT2D eigenvalue weighted by Crippen LogP contribution is 2.17. The minimum Gasteiger partial charge on any atom is -0.317 e. The van der Waals surface area contributed by atoms with Crippen LogP contribution in [0.3, 0.4) is 0 Å². The molecule has 72 valence electrons. The van der Waals surface area contributed by atoms with Gasteiger partial charge in [0.1, 0.15) is 9.84 Å². The molecule has 0 amide bonds. The molecule has 12 heavy (non-hydrogen) atoms. The normalized spacial score (nSPS) is 24.1. The van der Waals surface area contributed by atoms with E-state index < -0.39 is 9.84 Å². The van der Waals surface area contributed by atoms with E-state index in [1.807, 2.05) is 0 Å². The van der Waals surface area contributed by atoms with E-state index >= 15 is 0 Å². The summed E-state index contributed by atoms with van der Waals surface area (Å²) in [6.45, 7) is 4.02. The van der Waals surface area contributed by atoms with Crippen LogP contribution < -0.4 is 5.32 Å². The third-order valence-corrected chi connectivity index (χ3v) is 4.07. The maximum atomic E-state index is 11.0. The minimum absolute atomic E-state index is 0.392. The molecule has 1 saturated heterocycles. The number of hydrogen-bond donors (Lipinski definition) is 1. The van der Waals surface area contributed by atoms with Crippen LogP contribution in [0.4, 0.5) is 0 Å². The zero-order chi connectivity index (χ0) is 9.03. The molecule has 1 N–H and O–H groups in total. The molecule has 1 fully saturated rings. The van der Waals surface area contributed by atoms with E-state index in [1.165, 1.54) is 0 Å². The van der Waals surface area contributed by atoms with Crippen molar-refractivity contribution < 1.29 is 8.42 Å². The van der Waals surface area contributed by atoms with E-state index in [1.54, 1.807) is 0 Å². The van der Waals surface area contributed by atoms with Crippen molar-refractivity contribution in [3.8, 4) is 0 Å². The molecule has 0 spiro atoms. The lowest BCUT2D eigenvalue weighted by molar-refractivity contribution is 0.438. The van der Waals surface area contributed by atoms with Gasteiger partial charge in [-0.2, -0.15) is 0 Å². The van der Waals surface area contributed by atoms with Crippen LogP contribution in [0.2, 0.25) is 0 Å². The van der Waals surface area contributed by atoms with Crippen LogP contribution in [0.25, 0.3) is 0 Å². The second kappa shape index (κ2) is 4.23. The molecule has 1 heterocycles. The molecule has 0 aromatic carbocycles. The van der Waals surface area contributed by atoms with E-state index in [9.17, 15) is 8.42 Å². The first-order valence-electron chi connectivity index (χ1n) is 4.55. The van der Waals surface area contributed by atoms with E-state index in [4.69, 9.17) is 0 Å². The lowest BCUT2D eigenvalue weighted by Gasteiger charge is -2.21. The third kappa shape index (κ3) is 3.11. The van der Waals surface area contributed by atoms with Crippen LogP contribution >= 0.6 is 0 Å². The summed E-state index contributed by atoms with van der Waals surface area (Å²) in [6, 6.07) is 0. The number of sulfone groups is 1. The van der Waals surface area contributed by atoms with Gasteiger partial charge in [-0.15, -0.1) is 0 Å². The SMILES string of the molecule is CCNCC1CCS(=O)(=O)CC1. The van der Waals surface area contributed by atoms with Gasteiger partial charge < -0.3 is 5.32 Å². The molecular weight excluding hydrogens is 174 g/mol. The van der Waals surface area contributed by atoms with Gasteiger partial charge in [0.15, 0.2) is 0 Å². The molecular formula is C8H17NO2S. The highest BCUT2D eigenvalue weighted by molar-refractivity contribution is 7.91. The van der Waals surface area contributed by atoms with Gasteiger partial charge in [-0.1, -0.05) is 6.92 Å². The van der Waals surface area contributed by atoms with Gasteiger partial charge in [0.25, 0.3) is 0 Å². The van der Waals surface area contributed by atoms with Gasteiger partial charge in [0, 0.05) is 0 Å². The second-order valence-corrected chi connectivity index (χ2v) is 5.71. The molecule has 0 aromatic heterocycles. The van der Waals surface area contributed by atoms with Crippen LogP contribution in [0.5, 0.6) is 0 Å². The van der Waals surface area contributed by atoms with Crippen LogP contribution in [-0.2, 0) is 9.84 Å². The average molecular weight is 191 g/mol. The molecule has 0 atom stereocenters. The first-order chi connectivity index (χ1) is 5.64. The lowest BCUT2D eigenvalue weighted by Crippen LogP contribution is -2.30. The first kappa shape index (κ1) is 9.99. The van der Waals surface area contributed by atoms with Gasteiger partial charge in [0.05, 0.1) is 11.5 Å². The Hall–Kier alpha value is -0.0900. The summed E-state index contributed by atoms with van der Waals surface area (Å²) in [7, 11) is -2.67. The molecule has 1 rings (SSSR count). The van der Waals surface area contributed by atoms with E-state index in [-0.39, 0.29) is 0 Å². The molecule has 0 saturated carbocycles. The first-order valence-corrected chi connectivity index (χ1v) is 6.37. The molecule has 1 aliphatic heterocycles. The molecule has 0 unspecified atom stereocenters. The summed E-state index contributed by atoms with van der Waals surface area (Å²) in [4.78, 5) is 0.